The normalized spacial score (nSPS) is 19.4. The van der Waals surface area contributed by atoms with Crippen molar-refractivity contribution in [2.75, 3.05) is 13.2 Å². The van der Waals surface area contributed by atoms with Gasteiger partial charge in [-0.3, -0.25) is 4.79 Å². The van der Waals surface area contributed by atoms with Crippen molar-refractivity contribution in [3.05, 3.63) is 65.2 Å². The summed E-state index contributed by atoms with van der Waals surface area (Å²) < 4.78 is 11.9. The number of amides is 1. The van der Waals surface area contributed by atoms with Crippen LogP contribution in [0.3, 0.4) is 0 Å². The minimum absolute atomic E-state index is 0.0320. The molecule has 6 nitrogen and oxygen atoms in total. The number of benzene rings is 2. The number of carbonyl (C=O) groups is 2. The molecule has 0 spiro atoms. The Balaban J connectivity index is 1.53. The molecule has 0 aromatic heterocycles. The Morgan fingerprint density at radius 2 is 1.76 bits per heavy atom. The molecule has 2 fully saturated rings. The van der Waals surface area contributed by atoms with Gasteiger partial charge >= 0.3 is 5.97 Å². The molecule has 1 heterocycles. The van der Waals surface area contributed by atoms with Crippen molar-refractivity contribution in [3.63, 3.8) is 0 Å². The number of rotatable bonds is 7. The second kappa shape index (κ2) is 10.4. The Labute approximate surface area is 195 Å². The van der Waals surface area contributed by atoms with Crippen LogP contribution in [0.1, 0.15) is 79.4 Å². The van der Waals surface area contributed by atoms with Crippen LogP contribution >= 0.6 is 0 Å². The number of carboxylic acids is 1. The second-order valence-electron chi connectivity index (χ2n) is 9.22. The molecule has 1 aliphatic heterocycles. The van der Waals surface area contributed by atoms with E-state index in [4.69, 9.17) is 14.6 Å². The van der Waals surface area contributed by atoms with Crippen molar-refractivity contribution < 1.29 is 24.2 Å². The van der Waals surface area contributed by atoms with Gasteiger partial charge in [0.1, 0.15) is 5.75 Å². The highest BCUT2D eigenvalue weighted by molar-refractivity contribution is 5.89. The molecular formula is C27H33NO5. The average molecular weight is 452 g/mol. The van der Waals surface area contributed by atoms with Gasteiger partial charge in [-0.1, -0.05) is 30.7 Å². The molecule has 6 heteroatoms. The summed E-state index contributed by atoms with van der Waals surface area (Å²) >= 11 is 0. The van der Waals surface area contributed by atoms with Gasteiger partial charge in [0.05, 0.1) is 23.1 Å². The van der Waals surface area contributed by atoms with Crippen LogP contribution in [-0.2, 0) is 14.9 Å². The Morgan fingerprint density at radius 3 is 2.42 bits per heavy atom. The summed E-state index contributed by atoms with van der Waals surface area (Å²) in [5, 5.41) is 12.3. The zero-order valence-electron chi connectivity index (χ0n) is 19.2. The quantitative estimate of drug-likeness (QED) is 0.617. The third-order valence-electron chi connectivity index (χ3n) is 7.03. The fourth-order valence-corrected chi connectivity index (χ4v) is 4.94. The molecule has 2 aromatic carbocycles. The number of aromatic carboxylic acids is 1. The van der Waals surface area contributed by atoms with Crippen LogP contribution in [0.15, 0.2) is 48.5 Å². The highest BCUT2D eigenvalue weighted by atomic mass is 16.5. The first-order valence-electron chi connectivity index (χ1n) is 12.0. The monoisotopic (exact) mass is 451 g/mol. The van der Waals surface area contributed by atoms with Crippen molar-refractivity contribution in [3.8, 4) is 5.75 Å². The fourth-order valence-electron chi connectivity index (χ4n) is 4.94. The molecule has 0 radical (unpaired) electrons. The first-order chi connectivity index (χ1) is 16.0. The number of hydrogen-bond donors (Lipinski definition) is 2. The van der Waals surface area contributed by atoms with Gasteiger partial charge in [0.2, 0.25) is 5.91 Å². The molecule has 1 amide bonds. The molecule has 1 atom stereocenters. The van der Waals surface area contributed by atoms with Gasteiger partial charge in [-0.05, 0) is 80.8 Å². The summed E-state index contributed by atoms with van der Waals surface area (Å²) in [6.45, 7) is 2.98. The molecule has 2 N–H and O–H groups in total. The number of hydrogen-bond acceptors (Lipinski definition) is 4. The van der Waals surface area contributed by atoms with Crippen LogP contribution in [0, 0.1) is 0 Å². The molecule has 2 aliphatic rings. The minimum atomic E-state index is -0.963. The van der Waals surface area contributed by atoms with E-state index >= 15 is 0 Å². The highest BCUT2D eigenvalue weighted by Gasteiger charge is 2.42. The van der Waals surface area contributed by atoms with E-state index in [0.29, 0.717) is 26.1 Å². The van der Waals surface area contributed by atoms with E-state index in [2.05, 4.69) is 5.32 Å². The van der Waals surface area contributed by atoms with E-state index in [-0.39, 0.29) is 23.6 Å². The Kier molecular flexibility index (Phi) is 7.33. The van der Waals surface area contributed by atoms with E-state index in [1.165, 1.54) is 19.3 Å². The molecule has 1 aliphatic carbocycles. The van der Waals surface area contributed by atoms with Gasteiger partial charge in [-0.15, -0.1) is 0 Å². The van der Waals surface area contributed by atoms with Crippen molar-refractivity contribution in [2.45, 2.75) is 69.4 Å². The summed E-state index contributed by atoms with van der Waals surface area (Å²) in [7, 11) is 0. The summed E-state index contributed by atoms with van der Waals surface area (Å²) in [5.41, 5.74) is 1.38. The number of carboxylic acid groups (broad SMARTS) is 1. The maximum absolute atomic E-state index is 13.7. The van der Waals surface area contributed by atoms with Crippen molar-refractivity contribution in [1.82, 2.24) is 5.32 Å². The van der Waals surface area contributed by atoms with Crippen LogP contribution in [0.5, 0.6) is 5.75 Å². The average Bonchev–Trinajstić information content (AvgIpc) is 2.85. The van der Waals surface area contributed by atoms with Gasteiger partial charge in [-0.2, -0.15) is 0 Å². The van der Waals surface area contributed by atoms with E-state index < -0.39 is 11.4 Å². The predicted octanol–water partition coefficient (Wildman–Crippen LogP) is 5.02. The summed E-state index contributed by atoms with van der Waals surface area (Å²) in [6.07, 6.45) is 7.33. The third kappa shape index (κ3) is 5.38. The van der Waals surface area contributed by atoms with Crippen LogP contribution in [0.4, 0.5) is 0 Å². The molecule has 2 aromatic rings. The molecule has 33 heavy (non-hydrogen) atoms. The lowest BCUT2D eigenvalue weighted by Crippen LogP contribution is -2.48. The maximum Gasteiger partial charge on any atom is 0.335 e. The summed E-state index contributed by atoms with van der Waals surface area (Å²) in [5.74, 6) is -0.166. The topological polar surface area (TPSA) is 84.9 Å². The molecule has 1 saturated carbocycles. The Morgan fingerprint density at radius 1 is 1.06 bits per heavy atom. The van der Waals surface area contributed by atoms with Gasteiger partial charge in [-0.25, -0.2) is 4.79 Å². The Bertz CT molecular complexity index is 959. The zero-order chi connectivity index (χ0) is 23.3. The SMILES string of the molecule is CC(NC(=O)C1(c2cccc(OC3CCCCC3)c2)CCOCC1)c1ccc(C(=O)O)cc1. The van der Waals surface area contributed by atoms with E-state index in [1.54, 1.807) is 24.3 Å². The third-order valence-corrected chi connectivity index (χ3v) is 7.03. The number of ether oxygens (including phenoxy) is 2. The van der Waals surface area contributed by atoms with Gasteiger partial charge in [0, 0.05) is 13.2 Å². The van der Waals surface area contributed by atoms with Crippen molar-refractivity contribution in [2.24, 2.45) is 0 Å². The van der Waals surface area contributed by atoms with Crippen molar-refractivity contribution >= 4 is 11.9 Å². The van der Waals surface area contributed by atoms with Gasteiger partial charge < -0.3 is 19.9 Å². The highest BCUT2D eigenvalue weighted by Crippen LogP contribution is 2.38. The van der Waals surface area contributed by atoms with Crippen LogP contribution < -0.4 is 10.1 Å². The van der Waals surface area contributed by atoms with E-state index in [1.807, 2.05) is 31.2 Å². The zero-order valence-corrected chi connectivity index (χ0v) is 19.2. The van der Waals surface area contributed by atoms with E-state index in [0.717, 1.165) is 29.7 Å². The fraction of sp³-hybridized carbons (Fsp3) is 0.481. The molecule has 0 bridgehead atoms. The smallest absolute Gasteiger partial charge is 0.335 e. The first kappa shape index (κ1) is 23.3. The van der Waals surface area contributed by atoms with Crippen LogP contribution in [-0.4, -0.2) is 36.3 Å². The van der Waals surface area contributed by atoms with Crippen LogP contribution in [0.25, 0.3) is 0 Å². The van der Waals surface area contributed by atoms with Crippen LogP contribution in [0.2, 0.25) is 0 Å². The molecular weight excluding hydrogens is 418 g/mol. The first-order valence-corrected chi connectivity index (χ1v) is 12.0. The molecule has 1 unspecified atom stereocenters. The number of carbonyl (C=O) groups excluding carboxylic acids is 1. The van der Waals surface area contributed by atoms with E-state index in [9.17, 15) is 9.59 Å². The summed E-state index contributed by atoms with van der Waals surface area (Å²) in [4.78, 5) is 24.8. The number of nitrogens with one attached hydrogen (secondary N) is 1. The second-order valence-corrected chi connectivity index (χ2v) is 9.22. The summed E-state index contributed by atoms with van der Waals surface area (Å²) in [6, 6.07) is 14.4. The molecule has 4 rings (SSSR count). The lowest BCUT2D eigenvalue weighted by atomic mass is 9.73. The Hall–Kier alpha value is -2.86. The molecule has 1 saturated heterocycles. The lowest BCUT2D eigenvalue weighted by molar-refractivity contribution is -0.131. The van der Waals surface area contributed by atoms with Crippen molar-refractivity contribution in [1.29, 1.82) is 0 Å². The lowest BCUT2D eigenvalue weighted by Gasteiger charge is -2.37. The molecule has 176 valence electrons. The van der Waals surface area contributed by atoms with Gasteiger partial charge in [0.25, 0.3) is 0 Å². The van der Waals surface area contributed by atoms with Gasteiger partial charge in [0.15, 0.2) is 0 Å². The maximum atomic E-state index is 13.7. The predicted molar refractivity (Wildman–Crippen MR) is 126 cm³/mol. The minimum Gasteiger partial charge on any atom is -0.490 e. The standard InChI is InChI=1S/C27H33NO5/c1-19(20-10-12-21(13-11-20)25(29)30)28-26(31)27(14-16-32-17-15-27)22-6-5-9-24(18-22)33-23-7-3-2-4-8-23/h5-6,9-13,18-19,23H,2-4,7-8,14-17H2,1H3,(H,28,31)(H,29,30). The largest absolute Gasteiger partial charge is 0.490 e.